The Morgan fingerprint density at radius 3 is 2.90 bits per heavy atom. The summed E-state index contributed by atoms with van der Waals surface area (Å²) >= 11 is 1.59. The number of anilines is 1. The minimum atomic E-state index is -0.422. The molecule has 21 heavy (non-hydrogen) atoms. The Morgan fingerprint density at radius 2 is 2.24 bits per heavy atom. The normalized spacial score (nSPS) is 10.4. The SMILES string of the molecule is CCOC(=O)c1cccc(N)c1OCCc1scnc1C. The molecular weight excluding hydrogens is 288 g/mol. The van der Waals surface area contributed by atoms with E-state index in [1.165, 1.54) is 4.88 Å². The Labute approximate surface area is 127 Å². The predicted octanol–water partition coefficient (Wildman–Crippen LogP) is 2.83. The van der Waals surface area contributed by atoms with Gasteiger partial charge in [0.05, 0.1) is 30.1 Å². The Balaban J connectivity index is 2.08. The van der Waals surface area contributed by atoms with Crippen LogP contribution in [0.3, 0.4) is 0 Å². The standard InChI is InChI=1S/C15H18N2O3S/c1-3-19-15(18)11-5-4-6-12(16)14(11)20-8-7-13-10(2)17-9-21-13/h4-6,9H,3,7-8,16H2,1-2H3. The van der Waals surface area contributed by atoms with Crippen molar-refractivity contribution in [3.8, 4) is 5.75 Å². The zero-order valence-electron chi connectivity index (χ0n) is 12.1. The number of benzene rings is 1. The van der Waals surface area contributed by atoms with E-state index < -0.39 is 5.97 Å². The molecule has 1 aromatic heterocycles. The van der Waals surface area contributed by atoms with E-state index in [-0.39, 0.29) is 0 Å². The van der Waals surface area contributed by atoms with E-state index in [1.54, 1.807) is 36.5 Å². The fraction of sp³-hybridized carbons (Fsp3) is 0.333. The summed E-state index contributed by atoms with van der Waals surface area (Å²) in [7, 11) is 0. The summed E-state index contributed by atoms with van der Waals surface area (Å²) in [5, 5.41) is 0. The molecule has 0 spiro atoms. The van der Waals surface area contributed by atoms with Crippen LogP contribution in [0.15, 0.2) is 23.7 Å². The van der Waals surface area contributed by atoms with E-state index >= 15 is 0 Å². The molecule has 0 aliphatic heterocycles. The van der Waals surface area contributed by atoms with Crippen molar-refractivity contribution in [2.75, 3.05) is 18.9 Å². The fourth-order valence-electron chi connectivity index (χ4n) is 1.90. The van der Waals surface area contributed by atoms with E-state index in [0.717, 1.165) is 12.1 Å². The van der Waals surface area contributed by atoms with Gasteiger partial charge in [-0.2, -0.15) is 0 Å². The van der Waals surface area contributed by atoms with Gasteiger partial charge in [0.2, 0.25) is 0 Å². The summed E-state index contributed by atoms with van der Waals surface area (Å²) in [5.41, 5.74) is 9.51. The number of nitrogens with zero attached hydrogens (tertiary/aromatic N) is 1. The molecule has 0 aliphatic rings. The van der Waals surface area contributed by atoms with E-state index in [4.69, 9.17) is 15.2 Å². The number of nitrogens with two attached hydrogens (primary N) is 1. The first-order valence-electron chi connectivity index (χ1n) is 6.70. The average Bonchev–Trinajstić information content (AvgIpc) is 2.86. The van der Waals surface area contributed by atoms with Crippen molar-refractivity contribution in [1.82, 2.24) is 4.98 Å². The molecule has 0 bridgehead atoms. The molecule has 2 N–H and O–H groups in total. The minimum absolute atomic E-state index is 0.313. The molecule has 1 heterocycles. The number of ether oxygens (including phenoxy) is 2. The number of esters is 1. The predicted molar refractivity (Wildman–Crippen MR) is 82.9 cm³/mol. The number of hydrogen-bond acceptors (Lipinski definition) is 6. The molecule has 1 aromatic carbocycles. The van der Waals surface area contributed by atoms with Crippen LogP contribution in [0.25, 0.3) is 0 Å². The van der Waals surface area contributed by atoms with Crippen molar-refractivity contribution < 1.29 is 14.3 Å². The molecule has 0 radical (unpaired) electrons. The minimum Gasteiger partial charge on any atom is -0.490 e. The van der Waals surface area contributed by atoms with Crippen molar-refractivity contribution >= 4 is 23.0 Å². The van der Waals surface area contributed by atoms with E-state index in [9.17, 15) is 4.79 Å². The monoisotopic (exact) mass is 306 g/mol. The van der Waals surface area contributed by atoms with Gasteiger partial charge in [0.15, 0.2) is 5.75 Å². The molecule has 0 fully saturated rings. The smallest absolute Gasteiger partial charge is 0.341 e. The van der Waals surface area contributed by atoms with Gasteiger partial charge in [-0.1, -0.05) is 6.07 Å². The second kappa shape index (κ2) is 7.08. The summed E-state index contributed by atoms with van der Waals surface area (Å²) in [4.78, 5) is 17.3. The highest BCUT2D eigenvalue weighted by Crippen LogP contribution is 2.27. The Morgan fingerprint density at radius 1 is 1.43 bits per heavy atom. The quantitative estimate of drug-likeness (QED) is 0.656. The van der Waals surface area contributed by atoms with Crippen LogP contribution in [0.1, 0.15) is 27.9 Å². The topological polar surface area (TPSA) is 74.4 Å². The van der Waals surface area contributed by atoms with Crippen LogP contribution in [-0.4, -0.2) is 24.2 Å². The maximum Gasteiger partial charge on any atom is 0.341 e. The number of aromatic nitrogens is 1. The third-order valence-electron chi connectivity index (χ3n) is 2.96. The summed E-state index contributed by atoms with van der Waals surface area (Å²) in [6, 6.07) is 5.07. The van der Waals surface area contributed by atoms with Crippen LogP contribution in [0, 0.1) is 6.92 Å². The van der Waals surface area contributed by atoms with Crippen molar-refractivity contribution in [2.24, 2.45) is 0 Å². The Kier molecular flexibility index (Phi) is 5.16. The molecule has 0 atom stereocenters. The summed E-state index contributed by atoms with van der Waals surface area (Å²) in [5.74, 6) is -0.0353. The molecule has 0 aliphatic carbocycles. The van der Waals surface area contributed by atoms with Crippen LogP contribution in [0.4, 0.5) is 5.69 Å². The summed E-state index contributed by atoms with van der Waals surface area (Å²) in [6.45, 7) is 4.47. The number of rotatable bonds is 6. The first-order valence-corrected chi connectivity index (χ1v) is 7.58. The number of carbonyl (C=O) groups is 1. The van der Waals surface area contributed by atoms with Crippen molar-refractivity contribution in [2.45, 2.75) is 20.3 Å². The zero-order chi connectivity index (χ0) is 15.2. The lowest BCUT2D eigenvalue weighted by Gasteiger charge is -2.12. The average molecular weight is 306 g/mol. The largest absolute Gasteiger partial charge is 0.490 e. The van der Waals surface area contributed by atoms with Crippen LogP contribution in [0.2, 0.25) is 0 Å². The first-order chi connectivity index (χ1) is 10.1. The third kappa shape index (κ3) is 3.72. The Hall–Kier alpha value is -2.08. The number of hydrogen-bond donors (Lipinski definition) is 1. The third-order valence-corrected chi connectivity index (χ3v) is 3.96. The first kappa shape index (κ1) is 15.3. The molecule has 112 valence electrons. The van der Waals surface area contributed by atoms with E-state index in [1.807, 2.05) is 12.4 Å². The fourth-order valence-corrected chi connectivity index (χ4v) is 2.66. The highest BCUT2D eigenvalue weighted by atomic mass is 32.1. The van der Waals surface area contributed by atoms with Gasteiger partial charge in [0.1, 0.15) is 5.56 Å². The number of thiazole rings is 1. The molecule has 0 unspecified atom stereocenters. The van der Waals surface area contributed by atoms with Gasteiger partial charge in [0, 0.05) is 11.3 Å². The van der Waals surface area contributed by atoms with Crippen LogP contribution >= 0.6 is 11.3 Å². The second-order valence-corrected chi connectivity index (χ2v) is 5.34. The molecule has 2 aromatic rings. The Bertz CT molecular complexity index is 625. The van der Waals surface area contributed by atoms with Crippen LogP contribution < -0.4 is 10.5 Å². The zero-order valence-corrected chi connectivity index (χ0v) is 12.9. The van der Waals surface area contributed by atoms with Gasteiger partial charge in [0.25, 0.3) is 0 Å². The van der Waals surface area contributed by atoms with Crippen molar-refractivity contribution in [3.63, 3.8) is 0 Å². The lowest BCUT2D eigenvalue weighted by atomic mass is 10.1. The molecule has 6 heteroatoms. The summed E-state index contributed by atoms with van der Waals surface area (Å²) < 4.78 is 10.7. The van der Waals surface area contributed by atoms with Crippen molar-refractivity contribution in [3.05, 3.63) is 39.8 Å². The molecule has 2 rings (SSSR count). The molecule has 0 amide bonds. The molecule has 0 saturated carbocycles. The lowest BCUT2D eigenvalue weighted by Crippen LogP contribution is -2.11. The highest BCUT2D eigenvalue weighted by Gasteiger charge is 2.16. The number of nitrogen functional groups attached to an aromatic ring is 1. The maximum absolute atomic E-state index is 11.9. The van der Waals surface area contributed by atoms with Gasteiger partial charge in [-0.15, -0.1) is 11.3 Å². The molecule has 0 saturated heterocycles. The second-order valence-electron chi connectivity index (χ2n) is 4.40. The van der Waals surface area contributed by atoms with Crippen molar-refractivity contribution in [1.29, 1.82) is 0 Å². The van der Waals surface area contributed by atoms with E-state index in [0.29, 0.717) is 30.2 Å². The summed E-state index contributed by atoms with van der Waals surface area (Å²) in [6.07, 6.45) is 0.729. The highest BCUT2D eigenvalue weighted by molar-refractivity contribution is 7.09. The van der Waals surface area contributed by atoms with Crippen LogP contribution in [-0.2, 0) is 11.2 Å². The molecule has 5 nitrogen and oxygen atoms in total. The van der Waals surface area contributed by atoms with Gasteiger partial charge < -0.3 is 15.2 Å². The number of carbonyl (C=O) groups excluding carboxylic acids is 1. The molecular formula is C15H18N2O3S. The van der Waals surface area contributed by atoms with Crippen LogP contribution in [0.5, 0.6) is 5.75 Å². The number of aryl methyl sites for hydroxylation is 1. The van der Waals surface area contributed by atoms with Gasteiger partial charge in [-0.3, -0.25) is 0 Å². The maximum atomic E-state index is 11.9. The van der Waals surface area contributed by atoms with Gasteiger partial charge in [-0.05, 0) is 26.0 Å². The van der Waals surface area contributed by atoms with E-state index in [2.05, 4.69) is 4.98 Å². The lowest BCUT2D eigenvalue weighted by molar-refractivity contribution is 0.0522. The van der Waals surface area contributed by atoms with Gasteiger partial charge in [-0.25, -0.2) is 9.78 Å². The van der Waals surface area contributed by atoms with Gasteiger partial charge >= 0.3 is 5.97 Å². The number of para-hydroxylation sites is 1.